The van der Waals surface area contributed by atoms with Gasteiger partial charge in [0, 0.05) is 18.5 Å². The van der Waals surface area contributed by atoms with Gasteiger partial charge in [0.25, 0.3) is 0 Å². The Labute approximate surface area is 138 Å². The Morgan fingerprint density at radius 2 is 1.91 bits per heavy atom. The minimum Gasteiger partial charge on any atom is -0.469 e. The SMILES string of the molecule is CCCC[C@H](N)CC(=O)N[C@H](CC(=O)OC)Cc1ccccc1. The molecule has 0 heterocycles. The van der Waals surface area contributed by atoms with Gasteiger partial charge in [-0.15, -0.1) is 0 Å². The van der Waals surface area contributed by atoms with E-state index < -0.39 is 0 Å². The smallest absolute Gasteiger partial charge is 0.307 e. The largest absolute Gasteiger partial charge is 0.469 e. The molecule has 3 N–H and O–H groups in total. The highest BCUT2D eigenvalue weighted by Crippen LogP contribution is 2.08. The molecule has 0 bridgehead atoms. The van der Waals surface area contributed by atoms with Gasteiger partial charge in [-0.2, -0.15) is 0 Å². The molecule has 0 spiro atoms. The maximum Gasteiger partial charge on any atom is 0.307 e. The second kappa shape index (κ2) is 10.8. The molecule has 0 aliphatic heterocycles. The first-order valence-corrected chi connectivity index (χ1v) is 8.20. The third kappa shape index (κ3) is 8.35. The zero-order valence-electron chi connectivity index (χ0n) is 14.1. The molecule has 0 fully saturated rings. The number of nitrogens with one attached hydrogen (secondary N) is 1. The summed E-state index contributed by atoms with van der Waals surface area (Å²) in [7, 11) is 1.35. The Hall–Kier alpha value is -1.88. The van der Waals surface area contributed by atoms with Crippen LogP contribution in [-0.2, 0) is 20.7 Å². The molecule has 0 aliphatic rings. The number of rotatable bonds is 10. The molecule has 128 valence electrons. The maximum atomic E-state index is 12.1. The summed E-state index contributed by atoms with van der Waals surface area (Å²) in [5, 5.41) is 2.92. The monoisotopic (exact) mass is 320 g/mol. The van der Waals surface area contributed by atoms with Gasteiger partial charge in [-0.25, -0.2) is 0 Å². The van der Waals surface area contributed by atoms with Crippen LogP contribution in [0.1, 0.15) is 44.6 Å². The van der Waals surface area contributed by atoms with E-state index in [1.54, 1.807) is 0 Å². The van der Waals surface area contributed by atoms with E-state index in [4.69, 9.17) is 10.5 Å². The third-order valence-electron chi connectivity index (χ3n) is 3.71. The number of methoxy groups -OCH3 is 1. The molecule has 5 nitrogen and oxygen atoms in total. The number of amides is 1. The number of unbranched alkanes of at least 4 members (excludes halogenated alkanes) is 1. The molecule has 1 rings (SSSR count). The predicted octanol–water partition coefficient (Wildman–Crippen LogP) is 2.18. The lowest BCUT2D eigenvalue weighted by Crippen LogP contribution is -2.40. The molecule has 0 saturated carbocycles. The van der Waals surface area contributed by atoms with Crippen LogP contribution in [0, 0.1) is 0 Å². The van der Waals surface area contributed by atoms with E-state index in [1.807, 2.05) is 30.3 Å². The van der Waals surface area contributed by atoms with Crippen LogP contribution in [0.3, 0.4) is 0 Å². The number of esters is 1. The van der Waals surface area contributed by atoms with Crippen LogP contribution in [0.2, 0.25) is 0 Å². The highest BCUT2D eigenvalue weighted by molar-refractivity contribution is 5.78. The summed E-state index contributed by atoms with van der Waals surface area (Å²) < 4.78 is 4.72. The number of ether oxygens (including phenoxy) is 1. The topological polar surface area (TPSA) is 81.4 Å². The molecule has 1 aromatic carbocycles. The fourth-order valence-electron chi connectivity index (χ4n) is 2.45. The van der Waals surface area contributed by atoms with Crippen molar-refractivity contribution in [1.29, 1.82) is 0 Å². The lowest BCUT2D eigenvalue weighted by Gasteiger charge is -2.19. The number of carbonyl (C=O) groups is 2. The van der Waals surface area contributed by atoms with Gasteiger partial charge in [-0.3, -0.25) is 9.59 Å². The maximum absolute atomic E-state index is 12.1. The highest BCUT2D eigenvalue weighted by atomic mass is 16.5. The fraction of sp³-hybridized carbons (Fsp3) is 0.556. The van der Waals surface area contributed by atoms with Crippen molar-refractivity contribution in [3.05, 3.63) is 35.9 Å². The van der Waals surface area contributed by atoms with Crippen molar-refractivity contribution in [1.82, 2.24) is 5.32 Å². The summed E-state index contributed by atoms with van der Waals surface area (Å²) in [5.74, 6) is -0.444. The Morgan fingerprint density at radius 3 is 2.52 bits per heavy atom. The molecular formula is C18H28N2O3. The Kier molecular flexibility index (Phi) is 8.98. The van der Waals surface area contributed by atoms with Crippen molar-refractivity contribution >= 4 is 11.9 Å². The van der Waals surface area contributed by atoms with Crippen LogP contribution in [0.4, 0.5) is 0 Å². The zero-order chi connectivity index (χ0) is 17.1. The number of nitrogens with two attached hydrogens (primary N) is 1. The number of hydrogen-bond donors (Lipinski definition) is 2. The minimum atomic E-state index is -0.332. The Balaban J connectivity index is 2.57. The van der Waals surface area contributed by atoms with Crippen LogP contribution in [0.15, 0.2) is 30.3 Å². The molecule has 0 unspecified atom stereocenters. The summed E-state index contributed by atoms with van der Waals surface area (Å²) >= 11 is 0. The first-order chi connectivity index (χ1) is 11.0. The lowest BCUT2D eigenvalue weighted by atomic mass is 10.0. The summed E-state index contributed by atoms with van der Waals surface area (Å²) in [6.07, 6.45) is 3.95. The van der Waals surface area contributed by atoms with Gasteiger partial charge in [-0.05, 0) is 18.4 Å². The summed E-state index contributed by atoms with van der Waals surface area (Å²) in [6, 6.07) is 9.35. The highest BCUT2D eigenvalue weighted by Gasteiger charge is 2.18. The van der Waals surface area contributed by atoms with Gasteiger partial charge in [0.15, 0.2) is 0 Å². The van der Waals surface area contributed by atoms with Gasteiger partial charge >= 0.3 is 5.97 Å². The summed E-state index contributed by atoms with van der Waals surface area (Å²) in [5.41, 5.74) is 7.03. The average molecular weight is 320 g/mol. The van der Waals surface area contributed by atoms with Gasteiger partial charge in [0.1, 0.15) is 0 Å². The van der Waals surface area contributed by atoms with E-state index in [0.29, 0.717) is 6.42 Å². The predicted molar refractivity (Wildman–Crippen MR) is 90.8 cm³/mol. The summed E-state index contributed by atoms with van der Waals surface area (Å²) in [4.78, 5) is 23.7. The van der Waals surface area contributed by atoms with E-state index in [-0.39, 0.29) is 36.8 Å². The van der Waals surface area contributed by atoms with Crippen molar-refractivity contribution in [3.8, 4) is 0 Å². The molecule has 1 amide bonds. The van der Waals surface area contributed by atoms with Gasteiger partial charge < -0.3 is 15.8 Å². The van der Waals surface area contributed by atoms with Crippen molar-refractivity contribution in [2.75, 3.05) is 7.11 Å². The van der Waals surface area contributed by atoms with Crippen molar-refractivity contribution < 1.29 is 14.3 Å². The van der Waals surface area contributed by atoms with Crippen molar-refractivity contribution in [3.63, 3.8) is 0 Å². The van der Waals surface area contributed by atoms with E-state index in [9.17, 15) is 9.59 Å². The van der Waals surface area contributed by atoms with Crippen molar-refractivity contribution in [2.45, 2.75) is 57.5 Å². The normalized spacial score (nSPS) is 13.2. The van der Waals surface area contributed by atoms with E-state index in [2.05, 4.69) is 12.2 Å². The van der Waals surface area contributed by atoms with E-state index in [1.165, 1.54) is 7.11 Å². The zero-order valence-corrected chi connectivity index (χ0v) is 14.1. The van der Waals surface area contributed by atoms with Gasteiger partial charge in [0.05, 0.1) is 13.5 Å². The second-order valence-electron chi connectivity index (χ2n) is 5.84. The van der Waals surface area contributed by atoms with Crippen LogP contribution < -0.4 is 11.1 Å². The van der Waals surface area contributed by atoms with Gasteiger partial charge in [-0.1, -0.05) is 50.1 Å². The quantitative estimate of drug-likeness (QED) is 0.648. The van der Waals surface area contributed by atoms with Crippen LogP contribution in [-0.4, -0.2) is 31.1 Å². The summed E-state index contributed by atoms with van der Waals surface area (Å²) in [6.45, 7) is 2.10. The standard InChI is InChI=1S/C18H28N2O3/c1-3-4-10-15(19)12-17(21)20-16(13-18(22)23-2)11-14-8-6-5-7-9-14/h5-9,15-16H,3-4,10-13,19H2,1-2H3,(H,20,21)/t15-,16-/m0/s1. The first-order valence-electron chi connectivity index (χ1n) is 8.20. The van der Waals surface area contributed by atoms with Crippen LogP contribution in [0.5, 0.6) is 0 Å². The van der Waals surface area contributed by atoms with Crippen LogP contribution in [0.25, 0.3) is 0 Å². The molecule has 0 radical (unpaired) electrons. The Morgan fingerprint density at radius 1 is 1.22 bits per heavy atom. The molecule has 2 atom stereocenters. The molecule has 5 heteroatoms. The first kappa shape index (κ1) is 19.2. The van der Waals surface area contributed by atoms with Crippen molar-refractivity contribution in [2.24, 2.45) is 5.73 Å². The molecule has 23 heavy (non-hydrogen) atoms. The van der Waals surface area contributed by atoms with E-state index in [0.717, 1.165) is 24.8 Å². The molecule has 0 aliphatic carbocycles. The van der Waals surface area contributed by atoms with Gasteiger partial charge in [0.2, 0.25) is 5.91 Å². The van der Waals surface area contributed by atoms with E-state index >= 15 is 0 Å². The number of benzene rings is 1. The minimum absolute atomic E-state index is 0.113. The average Bonchev–Trinajstić information content (AvgIpc) is 2.53. The lowest BCUT2D eigenvalue weighted by molar-refractivity contribution is -0.141. The fourth-order valence-corrected chi connectivity index (χ4v) is 2.45. The Bertz CT molecular complexity index is 476. The molecule has 1 aromatic rings. The van der Waals surface area contributed by atoms with Crippen LogP contribution >= 0.6 is 0 Å². The molecule has 0 saturated heterocycles. The third-order valence-corrected chi connectivity index (χ3v) is 3.71. The molecular weight excluding hydrogens is 292 g/mol. The number of hydrogen-bond acceptors (Lipinski definition) is 4. The number of carbonyl (C=O) groups excluding carboxylic acids is 2. The second-order valence-corrected chi connectivity index (χ2v) is 5.84. The molecule has 0 aromatic heterocycles.